The SMILES string of the molecule is CC(C)CCNC(=O)c1coc(CN(CCC(C)C)C(=O)CCc2ccccc2)n1. The Morgan fingerprint density at radius 1 is 1.07 bits per heavy atom. The molecule has 1 N–H and O–H groups in total. The molecule has 164 valence electrons. The second-order valence-electron chi connectivity index (χ2n) is 8.55. The highest BCUT2D eigenvalue weighted by atomic mass is 16.3. The van der Waals surface area contributed by atoms with Crippen molar-refractivity contribution in [3.05, 3.63) is 53.7 Å². The fourth-order valence-electron chi connectivity index (χ4n) is 2.98. The van der Waals surface area contributed by atoms with Crippen molar-refractivity contribution >= 4 is 11.8 Å². The minimum atomic E-state index is -0.241. The van der Waals surface area contributed by atoms with Crippen molar-refractivity contribution in [3.8, 4) is 0 Å². The minimum absolute atomic E-state index is 0.0700. The molecule has 0 aliphatic heterocycles. The van der Waals surface area contributed by atoms with Crippen LogP contribution in [0.1, 0.15) is 68.9 Å². The molecular formula is C24H35N3O3. The molecule has 0 radical (unpaired) electrons. The predicted octanol–water partition coefficient (Wildman–Crippen LogP) is 4.46. The van der Waals surface area contributed by atoms with Gasteiger partial charge in [-0.3, -0.25) is 9.59 Å². The molecule has 1 aromatic heterocycles. The predicted molar refractivity (Wildman–Crippen MR) is 118 cm³/mol. The van der Waals surface area contributed by atoms with Crippen molar-refractivity contribution < 1.29 is 14.0 Å². The van der Waals surface area contributed by atoms with E-state index >= 15 is 0 Å². The second kappa shape index (κ2) is 12.2. The first-order chi connectivity index (χ1) is 14.3. The van der Waals surface area contributed by atoms with Gasteiger partial charge in [-0.2, -0.15) is 0 Å². The van der Waals surface area contributed by atoms with Crippen LogP contribution in [0.2, 0.25) is 0 Å². The van der Waals surface area contributed by atoms with Gasteiger partial charge in [-0.05, 0) is 36.7 Å². The van der Waals surface area contributed by atoms with Gasteiger partial charge in [-0.1, -0.05) is 58.0 Å². The number of nitrogens with zero attached hydrogens (tertiary/aromatic N) is 2. The fraction of sp³-hybridized carbons (Fsp3) is 0.542. The van der Waals surface area contributed by atoms with E-state index in [1.807, 2.05) is 30.3 Å². The summed E-state index contributed by atoms with van der Waals surface area (Å²) in [5, 5.41) is 2.86. The summed E-state index contributed by atoms with van der Waals surface area (Å²) in [7, 11) is 0. The van der Waals surface area contributed by atoms with Crippen LogP contribution in [0, 0.1) is 11.8 Å². The van der Waals surface area contributed by atoms with Crippen LogP contribution < -0.4 is 5.32 Å². The standard InChI is InChI=1S/C24H35N3O3/c1-18(2)12-14-25-24(29)21-17-30-22(26-21)16-27(15-13-19(3)4)23(28)11-10-20-8-6-5-7-9-20/h5-9,17-19H,10-16H2,1-4H3,(H,25,29). The van der Waals surface area contributed by atoms with Crippen LogP contribution in [-0.2, 0) is 17.8 Å². The lowest BCUT2D eigenvalue weighted by atomic mass is 10.1. The number of hydrogen-bond donors (Lipinski definition) is 1. The van der Waals surface area contributed by atoms with E-state index in [2.05, 4.69) is 38.0 Å². The summed E-state index contributed by atoms with van der Waals surface area (Å²) in [6.07, 6.45) is 4.32. The smallest absolute Gasteiger partial charge is 0.273 e. The van der Waals surface area contributed by atoms with E-state index in [-0.39, 0.29) is 24.1 Å². The Hall–Kier alpha value is -2.63. The third-order valence-electron chi connectivity index (χ3n) is 4.92. The van der Waals surface area contributed by atoms with Crippen molar-refractivity contribution in [3.63, 3.8) is 0 Å². The summed E-state index contributed by atoms with van der Waals surface area (Å²) in [5.74, 6) is 1.23. The molecule has 0 bridgehead atoms. The van der Waals surface area contributed by atoms with Gasteiger partial charge in [0.15, 0.2) is 5.69 Å². The Kier molecular flexibility index (Phi) is 9.58. The van der Waals surface area contributed by atoms with Gasteiger partial charge < -0.3 is 14.6 Å². The van der Waals surface area contributed by atoms with E-state index < -0.39 is 0 Å². The molecule has 2 amide bonds. The van der Waals surface area contributed by atoms with Crippen molar-refractivity contribution in [1.29, 1.82) is 0 Å². The van der Waals surface area contributed by atoms with Crippen LogP contribution in [0.15, 0.2) is 41.0 Å². The molecule has 0 spiro atoms. The molecule has 2 aromatic rings. The molecule has 1 aromatic carbocycles. The summed E-state index contributed by atoms with van der Waals surface area (Å²) in [6, 6.07) is 10.0. The fourth-order valence-corrected chi connectivity index (χ4v) is 2.98. The van der Waals surface area contributed by atoms with Crippen LogP contribution in [0.4, 0.5) is 0 Å². The molecule has 6 heteroatoms. The van der Waals surface area contributed by atoms with E-state index in [4.69, 9.17) is 4.42 Å². The van der Waals surface area contributed by atoms with Crippen molar-refractivity contribution in [1.82, 2.24) is 15.2 Å². The van der Waals surface area contributed by atoms with Gasteiger partial charge in [0.05, 0.1) is 6.54 Å². The van der Waals surface area contributed by atoms with Gasteiger partial charge in [0.2, 0.25) is 11.8 Å². The molecule has 0 aliphatic rings. The quantitative estimate of drug-likeness (QED) is 0.557. The number of carbonyl (C=O) groups excluding carboxylic acids is 2. The van der Waals surface area contributed by atoms with E-state index in [0.717, 1.165) is 18.4 Å². The maximum Gasteiger partial charge on any atom is 0.273 e. The summed E-state index contributed by atoms with van der Waals surface area (Å²) < 4.78 is 5.50. The maximum absolute atomic E-state index is 12.9. The molecule has 0 unspecified atom stereocenters. The van der Waals surface area contributed by atoms with Crippen LogP contribution in [0.3, 0.4) is 0 Å². The third-order valence-corrected chi connectivity index (χ3v) is 4.92. The van der Waals surface area contributed by atoms with Gasteiger partial charge in [-0.25, -0.2) is 4.98 Å². The second-order valence-corrected chi connectivity index (χ2v) is 8.55. The summed E-state index contributed by atoms with van der Waals surface area (Å²) in [4.78, 5) is 31.2. The first kappa shape index (κ1) is 23.6. The number of hydrogen-bond acceptors (Lipinski definition) is 4. The first-order valence-corrected chi connectivity index (χ1v) is 10.9. The zero-order valence-electron chi connectivity index (χ0n) is 18.7. The molecule has 0 saturated heterocycles. The van der Waals surface area contributed by atoms with E-state index in [0.29, 0.717) is 43.7 Å². The molecule has 30 heavy (non-hydrogen) atoms. The molecular weight excluding hydrogens is 378 g/mol. The minimum Gasteiger partial charge on any atom is -0.446 e. The lowest BCUT2D eigenvalue weighted by Crippen LogP contribution is -2.32. The summed E-state index contributed by atoms with van der Waals surface area (Å²) in [6.45, 7) is 10.0. The Balaban J connectivity index is 1.95. The number of carbonyl (C=O) groups is 2. The van der Waals surface area contributed by atoms with Crippen LogP contribution in [0.25, 0.3) is 0 Å². The van der Waals surface area contributed by atoms with Crippen LogP contribution in [-0.4, -0.2) is 34.8 Å². The topological polar surface area (TPSA) is 75.4 Å². The van der Waals surface area contributed by atoms with Gasteiger partial charge in [0.25, 0.3) is 5.91 Å². The van der Waals surface area contributed by atoms with E-state index in [1.54, 1.807) is 4.90 Å². The molecule has 6 nitrogen and oxygen atoms in total. The molecule has 0 atom stereocenters. The third kappa shape index (κ3) is 8.39. The number of nitrogens with one attached hydrogen (secondary N) is 1. The molecule has 2 rings (SSSR count). The number of aromatic nitrogens is 1. The number of rotatable bonds is 12. The average molecular weight is 414 g/mol. The van der Waals surface area contributed by atoms with Crippen molar-refractivity contribution in [2.75, 3.05) is 13.1 Å². The first-order valence-electron chi connectivity index (χ1n) is 10.9. The average Bonchev–Trinajstić information content (AvgIpc) is 3.18. The van der Waals surface area contributed by atoms with Crippen LogP contribution in [0.5, 0.6) is 0 Å². The highest BCUT2D eigenvalue weighted by Gasteiger charge is 2.19. The monoisotopic (exact) mass is 413 g/mol. The van der Waals surface area contributed by atoms with Gasteiger partial charge in [0, 0.05) is 19.5 Å². The van der Waals surface area contributed by atoms with Crippen molar-refractivity contribution in [2.24, 2.45) is 11.8 Å². The van der Waals surface area contributed by atoms with Gasteiger partial charge in [0.1, 0.15) is 6.26 Å². The normalized spacial score (nSPS) is 11.1. The van der Waals surface area contributed by atoms with E-state index in [1.165, 1.54) is 6.26 Å². The number of amides is 2. The number of aryl methyl sites for hydroxylation is 1. The van der Waals surface area contributed by atoms with Gasteiger partial charge >= 0.3 is 0 Å². The zero-order chi connectivity index (χ0) is 21.9. The molecule has 0 aliphatic carbocycles. The Labute approximate surface area is 180 Å². The summed E-state index contributed by atoms with van der Waals surface area (Å²) in [5.41, 5.74) is 1.40. The van der Waals surface area contributed by atoms with E-state index in [9.17, 15) is 9.59 Å². The highest BCUT2D eigenvalue weighted by Crippen LogP contribution is 2.12. The Morgan fingerprint density at radius 3 is 2.43 bits per heavy atom. The Morgan fingerprint density at radius 2 is 1.77 bits per heavy atom. The Bertz CT molecular complexity index is 784. The molecule has 1 heterocycles. The molecule has 0 fully saturated rings. The maximum atomic E-state index is 12.9. The number of oxazole rings is 1. The highest BCUT2D eigenvalue weighted by molar-refractivity contribution is 5.91. The lowest BCUT2D eigenvalue weighted by molar-refractivity contribution is -0.132. The van der Waals surface area contributed by atoms with Gasteiger partial charge in [-0.15, -0.1) is 0 Å². The lowest BCUT2D eigenvalue weighted by Gasteiger charge is -2.22. The number of benzene rings is 1. The molecule has 0 saturated carbocycles. The summed E-state index contributed by atoms with van der Waals surface area (Å²) >= 11 is 0. The van der Waals surface area contributed by atoms with Crippen molar-refractivity contribution in [2.45, 2.75) is 59.9 Å². The largest absolute Gasteiger partial charge is 0.446 e. The van der Waals surface area contributed by atoms with Crippen LogP contribution >= 0.6 is 0 Å². The zero-order valence-corrected chi connectivity index (χ0v) is 18.7.